The van der Waals surface area contributed by atoms with Gasteiger partial charge in [-0.05, 0) is 17.7 Å². The largest absolute Gasteiger partial charge is 0.454 e. The second kappa shape index (κ2) is 7.77. The maximum absolute atomic E-state index is 12.7. The third-order valence-electron chi connectivity index (χ3n) is 5.20. The van der Waals surface area contributed by atoms with Gasteiger partial charge in [-0.2, -0.15) is 5.10 Å². The minimum Gasteiger partial charge on any atom is -0.454 e. The van der Waals surface area contributed by atoms with Gasteiger partial charge in [0.2, 0.25) is 12.7 Å². The molecule has 158 valence electrons. The predicted molar refractivity (Wildman–Crippen MR) is 112 cm³/mol. The molecule has 2 N–H and O–H groups in total. The summed E-state index contributed by atoms with van der Waals surface area (Å²) in [7, 11) is 1.59. The molecule has 0 bridgehead atoms. The number of methoxy groups -OCH3 is 1. The van der Waals surface area contributed by atoms with Crippen LogP contribution in [-0.4, -0.2) is 35.5 Å². The Bertz CT molecular complexity index is 1160. The first-order chi connectivity index (χ1) is 15.1. The Hall–Kier alpha value is -3.85. The van der Waals surface area contributed by atoms with Gasteiger partial charge in [-0.25, -0.2) is 4.68 Å². The predicted octanol–water partition coefficient (Wildman–Crippen LogP) is 2.95. The van der Waals surface area contributed by atoms with E-state index in [0.717, 1.165) is 11.1 Å². The molecule has 0 saturated heterocycles. The maximum atomic E-state index is 12.7. The molecule has 0 spiro atoms. The average molecular weight is 420 g/mol. The van der Waals surface area contributed by atoms with Crippen LogP contribution < -0.4 is 20.1 Å². The Labute approximate surface area is 177 Å². The SMILES string of the molecule is COCc1nn2c(c1-c1ccccc1)NC(=O)C2CC(=O)Nc1ccc2c(c1)OCO2. The quantitative estimate of drug-likeness (QED) is 0.636. The Balaban J connectivity index is 1.39. The molecule has 9 nitrogen and oxygen atoms in total. The summed E-state index contributed by atoms with van der Waals surface area (Å²) < 4.78 is 17.5. The number of ether oxygens (including phenoxy) is 3. The molecule has 9 heteroatoms. The molecule has 5 rings (SSSR count). The van der Waals surface area contributed by atoms with Crippen LogP contribution >= 0.6 is 0 Å². The van der Waals surface area contributed by atoms with Gasteiger partial charge in [-0.15, -0.1) is 0 Å². The van der Waals surface area contributed by atoms with Crippen molar-refractivity contribution in [1.82, 2.24) is 9.78 Å². The second-order valence-electron chi connectivity index (χ2n) is 7.24. The first-order valence-electron chi connectivity index (χ1n) is 9.80. The lowest BCUT2D eigenvalue weighted by Crippen LogP contribution is -2.24. The fourth-order valence-electron chi connectivity index (χ4n) is 3.82. The van der Waals surface area contributed by atoms with Crippen molar-refractivity contribution in [2.75, 3.05) is 24.5 Å². The van der Waals surface area contributed by atoms with E-state index in [0.29, 0.717) is 28.7 Å². The molecule has 1 aromatic heterocycles. The molecule has 2 aliphatic rings. The van der Waals surface area contributed by atoms with Crippen LogP contribution in [0, 0.1) is 0 Å². The minimum atomic E-state index is -0.753. The standard InChI is InChI=1S/C22H20N4O5/c1-29-11-15-20(13-5-3-2-4-6-13)21-24-22(28)16(26(21)25-15)10-19(27)23-14-7-8-17-18(9-14)31-12-30-17/h2-9,16H,10-12H2,1H3,(H,23,27)(H,24,28). The summed E-state index contributed by atoms with van der Waals surface area (Å²) in [4.78, 5) is 25.3. The monoisotopic (exact) mass is 420 g/mol. The van der Waals surface area contributed by atoms with Crippen LogP contribution in [0.2, 0.25) is 0 Å². The number of benzene rings is 2. The number of amides is 2. The van der Waals surface area contributed by atoms with Gasteiger partial charge >= 0.3 is 0 Å². The van der Waals surface area contributed by atoms with Crippen LogP contribution in [0.5, 0.6) is 11.5 Å². The van der Waals surface area contributed by atoms with Crippen molar-refractivity contribution in [2.45, 2.75) is 19.1 Å². The van der Waals surface area contributed by atoms with E-state index in [1.807, 2.05) is 30.3 Å². The summed E-state index contributed by atoms with van der Waals surface area (Å²) in [6.07, 6.45) is -0.0599. The van der Waals surface area contributed by atoms with E-state index in [1.54, 1.807) is 30.0 Å². The molecule has 2 amide bonds. The molecule has 0 saturated carbocycles. The number of hydrogen-bond donors (Lipinski definition) is 2. The van der Waals surface area contributed by atoms with Gasteiger partial charge in [-0.1, -0.05) is 30.3 Å². The van der Waals surface area contributed by atoms with Crippen molar-refractivity contribution in [2.24, 2.45) is 0 Å². The Morgan fingerprint density at radius 3 is 2.84 bits per heavy atom. The fourth-order valence-corrected chi connectivity index (χ4v) is 3.82. The molecule has 1 atom stereocenters. The van der Waals surface area contributed by atoms with E-state index in [1.165, 1.54) is 0 Å². The van der Waals surface area contributed by atoms with Crippen LogP contribution in [-0.2, 0) is 20.9 Å². The highest BCUT2D eigenvalue weighted by atomic mass is 16.7. The van der Waals surface area contributed by atoms with E-state index < -0.39 is 6.04 Å². The summed E-state index contributed by atoms with van der Waals surface area (Å²) in [6, 6.07) is 14.1. The highest BCUT2D eigenvalue weighted by Crippen LogP contribution is 2.39. The first kappa shape index (κ1) is 19.1. The molecule has 1 unspecified atom stereocenters. The van der Waals surface area contributed by atoms with Crippen LogP contribution in [0.15, 0.2) is 48.5 Å². The third-order valence-corrected chi connectivity index (χ3v) is 5.20. The molecule has 2 aliphatic heterocycles. The molecule has 3 heterocycles. The Kier molecular flexibility index (Phi) is 4.79. The summed E-state index contributed by atoms with van der Waals surface area (Å²) in [5, 5.41) is 10.3. The van der Waals surface area contributed by atoms with E-state index in [-0.39, 0.29) is 31.6 Å². The van der Waals surface area contributed by atoms with Gasteiger partial charge < -0.3 is 24.8 Å². The lowest BCUT2D eigenvalue weighted by molar-refractivity contribution is -0.123. The van der Waals surface area contributed by atoms with Crippen molar-refractivity contribution < 1.29 is 23.8 Å². The zero-order valence-electron chi connectivity index (χ0n) is 16.8. The maximum Gasteiger partial charge on any atom is 0.251 e. The van der Waals surface area contributed by atoms with E-state index >= 15 is 0 Å². The van der Waals surface area contributed by atoms with Crippen LogP contribution in [0.4, 0.5) is 11.5 Å². The van der Waals surface area contributed by atoms with E-state index in [4.69, 9.17) is 14.2 Å². The van der Waals surface area contributed by atoms with Gasteiger partial charge in [0.05, 0.1) is 18.7 Å². The first-order valence-corrected chi connectivity index (χ1v) is 9.80. The average Bonchev–Trinajstić information content (AvgIpc) is 3.44. The molecule has 3 aromatic rings. The number of nitrogens with zero attached hydrogens (tertiary/aromatic N) is 2. The molecular weight excluding hydrogens is 400 g/mol. The van der Waals surface area contributed by atoms with Crippen LogP contribution in [0.1, 0.15) is 18.2 Å². The smallest absolute Gasteiger partial charge is 0.251 e. The number of nitrogens with one attached hydrogen (secondary N) is 2. The van der Waals surface area contributed by atoms with Gasteiger partial charge in [0.15, 0.2) is 11.5 Å². The van der Waals surface area contributed by atoms with Gasteiger partial charge in [-0.3, -0.25) is 9.59 Å². The zero-order valence-corrected chi connectivity index (χ0v) is 16.8. The number of carbonyl (C=O) groups is 2. The van der Waals surface area contributed by atoms with Gasteiger partial charge in [0.1, 0.15) is 11.9 Å². The highest BCUT2D eigenvalue weighted by Gasteiger charge is 2.37. The molecular formula is C22H20N4O5. The van der Waals surface area contributed by atoms with Crippen molar-refractivity contribution in [3.8, 4) is 22.6 Å². The summed E-state index contributed by atoms with van der Waals surface area (Å²) in [5.74, 6) is 1.20. The number of aromatic nitrogens is 2. The second-order valence-corrected chi connectivity index (χ2v) is 7.24. The van der Waals surface area contributed by atoms with Gasteiger partial charge in [0, 0.05) is 24.4 Å². The number of hydrogen-bond acceptors (Lipinski definition) is 6. The lowest BCUT2D eigenvalue weighted by Gasteiger charge is -2.10. The highest BCUT2D eigenvalue weighted by molar-refractivity contribution is 6.04. The van der Waals surface area contributed by atoms with Crippen molar-refractivity contribution in [3.63, 3.8) is 0 Å². The molecule has 0 fully saturated rings. The number of anilines is 2. The zero-order chi connectivity index (χ0) is 21.4. The van der Waals surface area contributed by atoms with Crippen LogP contribution in [0.25, 0.3) is 11.1 Å². The minimum absolute atomic E-state index is 0.0599. The van der Waals surface area contributed by atoms with Gasteiger partial charge in [0.25, 0.3) is 5.91 Å². The number of carbonyl (C=O) groups excluding carboxylic acids is 2. The van der Waals surface area contributed by atoms with Crippen molar-refractivity contribution >= 4 is 23.3 Å². The summed E-state index contributed by atoms with van der Waals surface area (Å²) in [5.41, 5.74) is 2.99. The molecule has 0 radical (unpaired) electrons. The molecule has 0 aliphatic carbocycles. The molecule has 2 aromatic carbocycles. The number of fused-ring (bicyclic) bond motifs is 2. The fraction of sp³-hybridized carbons (Fsp3) is 0.227. The van der Waals surface area contributed by atoms with E-state index in [9.17, 15) is 9.59 Å². The lowest BCUT2D eigenvalue weighted by atomic mass is 10.1. The summed E-state index contributed by atoms with van der Waals surface area (Å²) in [6.45, 7) is 0.445. The van der Waals surface area contributed by atoms with Crippen molar-refractivity contribution in [1.29, 1.82) is 0 Å². The topological polar surface area (TPSA) is 104 Å². The Morgan fingerprint density at radius 2 is 2.03 bits per heavy atom. The van der Waals surface area contributed by atoms with E-state index in [2.05, 4.69) is 15.7 Å². The van der Waals surface area contributed by atoms with Crippen molar-refractivity contribution in [3.05, 3.63) is 54.2 Å². The normalized spacial score (nSPS) is 16.2. The van der Waals surface area contributed by atoms with Crippen LogP contribution in [0.3, 0.4) is 0 Å². The Morgan fingerprint density at radius 1 is 1.23 bits per heavy atom. The third kappa shape index (κ3) is 3.49. The summed E-state index contributed by atoms with van der Waals surface area (Å²) >= 11 is 0. The molecule has 31 heavy (non-hydrogen) atoms. The number of rotatable bonds is 6.